The monoisotopic (exact) mass is 367 g/mol. The fourth-order valence-electron chi connectivity index (χ4n) is 2.43. The van der Waals surface area contributed by atoms with Crippen molar-refractivity contribution >= 4 is 21.3 Å². The van der Waals surface area contributed by atoms with Gasteiger partial charge >= 0.3 is 0 Å². The van der Waals surface area contributed by atoms with Crippen molar-refractivity contribution in [1.29, 1.82) is 5.26 Å². The number of aryl methyl sites for hydroxylation is 1. The predicted octanol–water partition coefficient (Wildman–Crippen LogP) is 2.89. The first kappa shape index (κ1) is 17.6. The molecule has 0 aliphatic heterocycles. The minimum Gasteiger partial charge on any atom is -0.340 e. The van der Waals surface area contributed by atoms with Crippen LogP contribution in [0.4, 0.5) is 11.5 Å². The van der Waals surface area contributed by atoms with Gasteiger partial charge in [0.15, 0.2) is 9.84 Å². The number of rotatable bonds is 5. The molecule has 0 unspecified atom stereocenters. The number of pyridine rings is 1. The van der Waals surface area contributed by atoms with Gasteiger partial charge < -0.3 is 9.88 Å². The van der Waals surface area contributed by atoms with Crippen LogP contribution in [0.15, 0.2) is 53.9 Å². The van der Waals surface area contributed by atoms with Gasteiger partial charge in [-0.25, -0.2) is 18.4 Å². The van der Waals surface area contributed by atoms with Gasteiger partial charge in [-0.3, -0.25) is 0 Å². The van der Waals surface area contributed by atoms with E-state index < -0.39 is 9.84 Å². The zero-order chi connectivity index (χ0) is 18.7. The summed E-state index contributed by atoms with van der Waals surface area (Å²) in [4.78, 5) is 8.77. The number of sulfone groups is 1. The average Bonchev–Trinajstić information content (AvgIpc) is 3.08. The van der Waals surface area contributed by atoms with E-state index in [4.69, 9.17) is 5.26 Å². The first-order valence-electron chi connectivity index (χ1n) is 7.91. The molecule has 2 aromatic heterocycles. The Balaban J connectivity index is 2.07. The van der Waals surface area contributed by atoms with Gasteiger partial charge in [-0.2, -0.15) is 5.26 Å². The quantitative estimate of drug-likeness (QED) is 0.744. The van der Waals surface area contributed by atoms with Gasteiger partial charge in [0.05, 0.1) is 28.2 Å². The molecule has 0 spiro atoms. The van der Waals surface area contributed by atoms with Crippen molar-refractivity contribution in [3.63, 3.8) is 0 Å². The maximum atomic E-state index is 12.2. The Kier molecular flexibility index (Phi) is 4.73. The molecule has 0 atom stereocenters. The lowest BCUT2D eigenvalue weighted by molar-refractivity contribution is 0.597. The third-order valence-electron chi connectivity index (χ3n) is 3.87. The molecule has 3 aromatic rings. The van der Waals surface area contributed by atoms with E-state index in [-0.39, 0.29) is 10.6 Å². The Hall–Kier alpha value is -3.18. The SMILES string of the molecule is CCS(=O)(=O)c1ccc(Nc2ccc(C#N)cn2)c(-c2cn(C)cn2)c1. The highest BCUT2D eigenvalue weighted by molar-refractivity contribution is 7.91. The van der Waals surface area contributed by atoms with Gasteiger partial charge in [-0.15, -0.1) is 0 Å². The second-order valence-corrected chi connectivity index (χ2v) is 7.98. The molecule has 3 rings (SSSR count). The normalized spacial score (nSPS) is 11.1. The molecule has 1 N–H and O–H groups in total. The molecular formula is C18H17N5O2S. The maximum Gasteiger partial charge on any atom is 0.178 e. The Labute approximate surface area is 151 Å². The molecule has 0 aliphatic carbocycles. The van der Waals surface area contributed by atoms with Crippen LogP contribution in [0.5, 0.6) is 0 Å². The second kappa shape index (κ2) is 6.98. The van der Waals surface area contributed by atoms with Crippen LogP contribution in [0.3, 0.4) is 0 Å². The van der Waals surface area contributed by atoms with E-state index in [0.717, 1.165) is 0 Å². The van der Waals surface area contributed by atoms with Crippen LogP contribution < -0.4 is 5.32 Å². The van der Waals surface area contributed by atoms with Gasteiger partial charge in [-0.05, 0) is 30.3 Å². The van der Waals surface area contributed by atoms with Crippen LogP contribution in [0.1, 0.15) is 12.5 Å². The third-order valence-corrected chi connectivity index (χ3v) is 5.60. The number of aromatic nitrogens is 3. The van der Waals surface area contributed by atoms with Crippen LogP contribution >= 0.6 is 0 Å². The number of imidazole rings is 1. The maximum absolute atomic E-state index is 12.2. The summed E-state index contributed by atoms with van der Waals surface area (Å²) in [5.74, 6) is 0.575. The molecule has 0 aliphatic rings. The Morgan fingerprint density at radius 2 is 2.04 bits per heavy atom. The molecule has 0 saturated heterocycles. The average molecular weight is 367 g/mol. The van der Waals surface area contributed by atoms with Crippen LogP contribution in [-0.2, 0) is 16.9 Å². The van der Waals surface area contributed by atoms with Gasteiger partial charge in [0, 0.05) is 30.7 Å². The molecule has 0 amide bonds. The Morgan fingerprint density at radius 3 is 2.62 bits per heavy atom. The summed E-state index contributed by atoms with van der Waals surface area (Å²) in [7, 11) is -1.49. The molecule has 26 heavy (non-hydrogen) atoms. The molecule has 1 aromatic carbocycles. The topological polar surface area (TPSA) is 101 Å². The highest BCUT2D eigenvalue weighted by Crippen LogP contribution is 2.31. The lowest BCUT2D eigenvalue weighted by Crippen LogP contribution is -2.05. The van der Waals surface area contributed by atoms with E-state index >= 15 is 0 Å². The third kappa shape index (κ3) is 3.58. The molecule has 0 fully saturated rings. The molecule has 7 nitrogen and oxygen atoms in total. The number of anilines is 2. The molecule has 132 valence electrons. The van der Waals surface area contributed by atoms with Crippen molar-refractivity contribution < 1.29 is 8.42 Å². The molecule has 0 radical (unpaired) electrons. The van der Waals surface area contributed by atoms with E-state index in [1.807, 2.05) is 19.3 Å². The molecule has 8 heteroatoms. The van der Waals surface area contributed by atoms with E-state index in [2.05, 4.69) is 15.3 Å². The summed E-state index contributed by atoms with van der Waals surface area (Å²) in [6, 6.07) is 10.3. The molecule has 0 saturated carbocycles. The first-order chi connectivity index (χ1) is 12.4. The summed E-state index contributed by atoms with van der Waals surface area (Å²) >= 11 is 0. The van der Waals surface area contributed by atoms with Crippen molar-refractivity contribution in [3.8, 4) is 17.3 Å². The first-order valence-corrected chi connectivity index (χ1v) is 9.56. The number of nitriles is 1. The summed E-state index contributed by atoms with van der Waals surface area (Å²) < 4.78 is 26.3. The fourth-order valence-corrected chi connectivity index (χ4v) is 3.33. The summed E-state index contributed by atoms with van der Waals surface area (Å²) in [5, 5.41) is 12.0. The predicted molar refractivity (Wildman–Crippen MR) is 98.6 cm³/mol. The summed E-state index contributed by atoms with van der Waals surface area (Å²) in [6.07, 6.45) is 4.94. The van der Waals surface area contributed by atoms with E-state index in [0.29, 0.717) is 28.3 Å². The minimum atomic E-state index is -3.33. The lowest BCUT2D eigenvalue weighted by atomic mass is 10.1. The summed E-state index contributed by atoms with van der Waals surface area (Å²) in [5.41, 5.74) is 2.45. The number of hydrogen-bond acceptors (Lipinski definition) is 6. The van der Waals surface area contributed by atoms with Gasteiger partial charge in [0.25, 0.3) is 0 Å². The number of hydrogen-bond donors (Lipinski definition) is 1. The summed E-state index contributed by atoms with van der Waals surface area (Å²) in [6.45, 7) is 1.61. The number of benzene rings is 1. The van der Waals surface area contributed by atoms with Crippen molar-refractivity contribution in [3.05, 3.63) is 54.6 Å². The standard InChI is InChI=1S/C18H17N5O2S/c1-3-26(24,25)14-5-6-16(15(8-14)17-11-23(2)12-21-17)22-18-7-4-13(9-19)10-20-18/h4-8,10-12H,3H2,1-2H3,(H,20,22). The Morgan fingerprint density at radius 1 is 1.23 bits per heavy atom. The highest BCUT2D eigenvalue weighted by Gasteiger charge is 2.16. The van der Waals surface area contributed by atoms with Crippen molar-refractivity contribution in [2.45, 2.75) is 11.8 Å². The van der Waals surface area contributed by atoms with E-state index in [9.17, 15) is 8.42 Å². The van der Waals surface area contributed by atoms with Crippen molar-refractivity contribution in [2.24, 2.45) is 7.05 Å². The van der Waals surface area contributed by atoms with Crippen LogP contribution in [0.25, 0.3) is 11.3 Å². The number of nitrogens with zero attached hydrogens (tertiary/aromatic N) is 4. The van der Waals surface area contributed by atoms with Gasteiger partial charge in [-0.1, -0.05) is 6.92 Å². The van der Waals surface area contributed by atoms with E-state index in [1.165, 1.54) is 6.20 Å². The van der Waals surface area contributed by atoms with E-state index in [1.54, 1.807) is 48.1 Å². The zero-order valence-electron chi connectivity index (χ0n) is 14.3. The smallest absolute Gasteiger partial charge is 0.178 e. The highest BCUT2D eigenvalue weighted by atomic mass is 32.2. The molecular weight excluding hydrogens is 350 g/mol. The van der Waals surface area contributed by atoms with Crippen molar-refractivity contribution in [2.75, 3.05) is 11.1 Å². The Bertz CT molecular complexity index is 1080. The van der Waals surface area contributed by atoms with Gasteiger partial charge in [0.1, 0.15) is 11.9 Å². The lowest BCUT2D eigenvalue weighted by Gasteiger charge is -2.12. The fraction of sp³-hybridized carbons (Fsp3) is 0.167. The number of nitrogens with one attached hydrogen (secondary N) is 1. The molecule has 0 bridgehead atoms. The zero-order valence-corrected chi connectivity index (χ0v) is 15.2. The second-order valence-electron chi connectivity index (χ2n) is 5.70. The molecule has 2 heterocycles. The largest absolute Gasteiger partial charge is 0.340 e. The van der Waals surface area contributed by atoms with Crippen LogP contribution in [-0.4, -0.2) is 28.7 Å². The minimum absolute atomic E-state index is 0.0264. The van der Waals surface area contributed by atoms with Crippen LogP contribution in [0, 0.1) is 11.3 Å². The van der Waals surface area contributed by atoms with Gasteiger partial charge in [0.2, 0.25) is 0 Å². The van der Waals surface area contributed by atoms with Crippen LogP contribution in [0.2, 0.25) is 0 Å². The van der Waals surface area contributed by atoms with Crippen molar-refractivity contribution in [1.82, 2.24) is 14.5 Å².